The van der Waals surface area contributed by atoms with Crippen molar-refractivity contribution < 1.29 is 13.9 Å². The minimum Gasteiger partial charge on any atom is -0.496 e. The van der Waals surface area contributed by atoms with E-state index in [1.165, 1.54) is 6.26 Å². The maximum absolute atomic E-state index is 12.6. The van der Waals surface area contributed by atoms with Gasteiger partial charge in [0, 0.05) is 17.3 Å². The number of nitrogens with zero attached hydrogens (tertiary/aromatic N) is 3. The monoisotopic (exact) mass is 438 g/mol. The summed E-state index contributed by atoms with van der Waals surface area (Å²) in [6.45, 7) is 2.15. The summed E-state index contributed by atoms with van der Waals surface area (Å²) < 4.78 is 12.3. The van der Waals surface area contributed by atoms with Crippen molar-refractivity contribution in [3.63, 3.8) is 0 Å². The number of benzene rings is 2. The number of carbonyl (C=O) groups is 1. The summed E-state index contributed by atoms with van der Waals surface area (Å²) in [5.74, 6) is 0.888. The van der Waals surface area contributed by atoms with Crippen LogP contribution in [0.1, 0.15) is 16.9 Å². The number of carbonyl (C=O) groups excluding carboxylic acids is 1. The molecule has 0 unspecified atom stereocenters. The molecule has 164 valence electrons. The topological polar surface area (TPSA) is 93.1 Å². The number of methoxy groups -OCH3 is 1. The molecule has 0 bridgehead atoms. The molecule has 0 aliphatic carbocycles. The minimum absolute atomic E-state index is 0.0272. The van der Waals surface area contributed by atoms with Gasteiger partial charge in [0.15, 0.2) is 0 Å². The fraction of sp³-hybridized carbons (Fsp3) is 0.115. The summed E-state index contributed by atoms with van der Waals surface area (Å²) in [6.07, 6.45) is 4.89. The number of nitrogens with one attached hydrogen (secondary N) is 1. The van der Waals surface area contributed by atoms with Crippen LogP contribution in [0.25, 0.3) is 23.0 Å². The second-order valence-electron chi connectivity index (χ2n) is 7.33. The Morgan fingerprint density at radius 3 is 2.70 bits per heavy atom. The molecule has 2 aromatic heterocycles. The van der Waals surface area contributed by atoms with Gasteiger partial charge in [-0.05, 0) is 61.0 Å². The molecule has 0 radical (unpaired) electrons. The van der Waals surface area contributed by atoms with Gasteiger partial charge < -0.3 is 14.5 Å². The number of ether oxygens (including phenoxy) is 1. The van der Waals surface area contributed by atoms with E-state index in [0.29, 0.717) is 17.0 Å². The van der Waals surface area contributed by atoms with Crippen LogP contribution in [0, 0.1) is 18.3 Å². The minimum atomic E-state index is -0.488. The smallest absolute Gasteiger partial charge is 0.262 e. The lowest BCUT2D eigenvalue weighted by atomic mass is 10.0. The highest BCUT2D eigenvalue weighted by molar-refractivity contribution is 6.02. The average molecular weight is 438 g/mol. The van der Waals surface area contributed by atoms with Crippen molar-refractivity contribution in [1.82, 2.24) is 15.1 Å². The normalized spacial score (nSPS) is 11.1. The molecule has 2 heterocycles. The van der Waals surface area contributed by atoms with Crippen molar-refractivity contribution in [2.45, 2.75) is 13.5 Å². The highest BCUT2D eigenvalue weighted by atomic mass is 16.5. The van der Waals surface area contributed by atoms with Crippen LogP contribution in [0.3, 0.4) is 0 Å². The first-order chi connectivity index (χ1) is 16.1. The van der Waals surface area contributed by atoms with Gasteiger partial charge >= 0.3 is 0 Å². The number of hydrogen-bond acceptors (Lipinski definition) is 5. The first-order valence-corrected chi connectivity index (χ1v) is 10.3. The summed E-state index contributed by atoms with van der Waals surface area (Å²) in [6, 6.07) is 20.9. The van der Waals surface area contributed by atoms with Crippen molar-refractivity contribution >= 4 is 12.0 Å². The second kappa shape index (κ2) is 9.71. The fourth-order valence-electron chi connectivity index (χ4n) is 3.44. The van der Waals surface area contributed by atoms with Gasteiger partial charge in [0.05, 0.1) is 25.6 Å². The van der Waals surface area contributed by atoms with Crippen LogP contribution in [-0.4, -0.2) is 22.8 Å². The Bertz CT molecular complexity index is 1330. The number of aryl methyl sites for hydroxylation is 1. The summed E-state index contributed by atoms with van der Waals surface area (Å²) in [5, 5.41) is 17.1. The van der Waals surface area contributed by atoms with E-state index in [1.807, 2.05) is 61.5 Å². The lowest BCUT2D eigenvalue weighted by Gasteiger charge is -2.07. The molecule has 0 fully saturated rings. The van der Waals surface area contributed by atoms with Gasteiger partial charge in [0.25, 0.3) is 5.91 Å². The van der Waals surface area contributed by atoms with E-state index in [2.05, 4.69) is 5.32 Å². The van der Waals surface area contributed by atoms with E-state index in [9.17, 15) is 10.1 Å². The fourth-order valence-corrected chi connectivity index (χ4v) is 3.44. The van der Waals surface area contributed by atoms with E-state index in [-0.39, 0.29) is 12.1 Å². The summed E-state index contributed by atoms with van der Waals surface area (Å²) >= 11 is 0. The third kappa shape index (κ3) is 4.86. The Morgan fingerprint density at radius 1 is 1.21 bits per heavy atom. The van der Waals surface area contributed by atoms with Crippen LogP contribution in [-0.2, 0) is 11.3 Å². The Kier molecular flexibility index (Phi) is 6.37. The quantitative estimate of drug-likeness (QED) is 0.334. The maximum atomic E-state index is 12.6. The van der Waals surface area contributed by atoms with Crippen LogP contribution < -0.4 is 10.1 Å². The highest BCUT2D eigenvalue weighted by Gasteiger charge is 2.16. The molecule has 0 spiro atoms. The number of aromatic nitrogens is 2. The predicted octanol–water partition coefficient (Wildman–Crippen LogP) is 4.67. The Hall–Kier alpha value is -4.57. The van der Waals surface area contributed by atoms with Crippen molar-refractivity contribution in [2.75, 3.05) is 7.11 Å². The Morgan fingerprint density at radius 2 is 2.03 bits per heavy atom. The maximum Gasteiger partial charge on any atom is 0.262 e. The summed E-state index contributed by atoms with van der Waals surface area (Å²) in [7, 11) is 1.63. The van der Waals surface area contributed by atoms with Crippen LogP contribution >= 0.6 is 0 Å². The zero-order valence-corrected chi connectivity index (χ0v) is 18.3. The molecule has 1 amide bonds. The van der Waals surface area contributed by atoms with Gasteiger partial charge in [0.1, 0.15) is 28.8 Å². The van der Waals surface area contributed by atoms with E-state index >= 15 is 0 Å². The van der Waals surface area contributed by atoms with Crippen LogP contribution in [0.4, 0.5) is 0 Å². The largest absolute Gasteiger partial charge is 0.496 e. The van der Waals surface area contributed by atoms with Gasteiger partial charge in [-0.1, -0.05) is 18.2 Å². The van der Waals surface area contributed by atoms with Gasteiger partial charge in [-0.2, -0.15) is 10.4 Å². The van der Waals surface area contributed by atoms with Crippen molar-refractivity contribution in [2.24, 2.45) is 0 Å². The number of amides is 1. The molecule has 0 aliphatic heterocycles. The van der Waals surface area contributed by atoms with Gasteiger partial charge in [0.2, 0.25) is 0 Å². The lowest BCUT2D eigenvalue weighted by Crippen LogP contribution is -2.23. The molecule has 7 nitrogen and oxygen atoms in total. The van der Waals surface area contributed by atoms with Crippen molar-refractivity contribution in [3.8, 4) is 28.8 Å². The van der Waals surface area contributed by atoms with Crippen LogP contribution in [0.5, 0.6) is 5.75 Å². The molecule has 0 saturated heterocycles. The third-order valence-corrected chi connectivity index (χ3v) is 5.10. The molecule has 1 N–H and O–H groups in total. The van der Waals surface area contributed by atoms with E-state index in [0.717, 1.165) is 22.6 Å². The first kappa shape index (κ1) is 21.7. The Labute approximate surface area is 191 Å². The summed E-state index contributed by atoms with van der Waals surface area (Å²) in [4.78, 5) is 12.6. The lowest BCUT2D eigenvalue weighted by molar-refractivity contribution is -0.117. The average Bonchev–Trinajstić information content (AvgIpc) is 3.51. The molecular formula is C26H22N4O3. The molecule has 0 aliphatic rings. The number of nitriles is 1. The van der Waals surface area contributed by atoms with E-state index < -0.39 is 5.91 Å². The number of hydrogen-bond donors (Lipinski definition) is 1. The van der Waals surface area contributed by atoms with Gasteiger partial charge in [-0.15, -0.1) is 0 Å². The molecule has 2 aromatic carbocycles. The van der Waals surface area contributed by atoms with Crippen LogP contribution in [0.2, 0.25) is 0 Å². The number of rotatable bonds is 7. The molecule has 4 rings (SSSR count). The molecule has 33 heavy (non-hydrogen) atoms. The van der Waals surface area contributed by atoms with E-state index in [1.54, 1.807) is 36.2 Å². The zero-order chi connectivity index (χ0) is 23.2. The highest BCUT2D eigenvalue weighted by Crippen LogP contribution is 2.29. The summed E-state index contributed by atoms with van der Waals surface area (Å²) in [5.41, 5.74) is 3.94. The van der Waals surface area contributed by atoms with E-state index in [4.69, 9.17) is 14.3 Å². The van der Waals surface area contributed by atoms with Crippen molar-refractivity contribution in [3.05, 3.63) is 95.6 Å². The SMILES string of the molecule is COc1ccc(-c2nn(-c3ccccc3)cc2C=C(C#N)C(=O)NCc2ccco2)cc1C. The first-order valence-electron chi connectivity index (χ1n) is 10.3. The molecule has 0 atom stereocenters. The third-order valence-electron chi connectivity index (χ3n) is 5.10. The molecule has 7 heteroatoms. The zero-order valence-electron chi connectivity index (χ0n) is 18.3. The second-order valence-corrected chi connectivity index (χ2v) is 7.33. The van der Waals surface area contributed by atoms with Gasteiger partial charge in [-0.25, -0.2) is 4.68 Å². The predicted molar refractivity (Wildman–Crippen MR) is 124 cm³/mol. The van der Waals surface area contributed by atoms with Crippen molar-refractivity contribution in [1.29, 1.82) is 5.26 Å². The van der Waals surface area contributed by atoms with Crippen LogP contribution in [0.15, 0.2) is 83.1 Å². The van der Waals surface area contributed by atoms with Gasteiger partial charge in [-0.3, -0.25) is 4.79 Å². The number of para-hydroxylation sites is 1. The standard InChI is InChI=1S/C26H22N4O3/c1-18-13-19(10-11-24(18)32-2)25-21(17-30(29-25)22-7-4-3-5-8-22)14-20(15-27)26(31)28-16-23-9-6-12-33-23/h3-14,17H,16H2,1-2H3,(H,28,31). The molecule has 0 saturated carbocycles. The Balaban J connectivity index is 1.73. The molecular weight excluding hydrogens is 416 g/mol. The number of furan rings is 1. The molecule has 4 aromatic rings.